The summed E-state index contributed by atoms with van der Waals surface area (Å²) in [5.74, 6) is -0.376. The van der Waals surface area contributed by atoms with Crippen LogP contribution in [0.1, 0.15) is 27.7 Å². The van der Waals surface area contributed by atoms with Crippen LogP contribution in [0.5, 0.6) is 0 Å². The SMILES string of the molecule is CCOC(=O)COCCOCCOCCOCCOCCNC(=O)OC(C)(C)C. The molecular formula is C19H37NO9. The Morgan fingerprint density at radius 3 is 1.62 bits per heavy atom. The molecule has 0 bridgehead atoms. The van der Waals surface area contributed by atoms with Gasteiger partial charge in [0.2, 0.25) is 0 Å². The number of hydrogen-bond acceptors (Lipinski definition) is 9. The predicted molar refractivity (Wildman–Crippen MR) is 105 cm³/mol. The average molecular weight is 424 g/mol. The zero-order valence-corrected chi connectivity index (χ0v) is 18.2. The summed E-state index contributed by atoms with van der Waals surface area (Å²) in [4.78, 5) is 22.4. The van der Waals surface area contributed by atoms with E-state index in [4.69, 9.17) is 33.2 Å². The molecule has 0 aromatic carbocycles. The second-order valence-electron chi connectivity index (χ2n) is 6.74. The van der Waals surface area contributed by atoms with Crippen molar-refractivity contribution in [2.24, 2.45) is 0 Å². The second kappa shape index (κ2) is 18.6. The highest BCUT2D eigenvalue weighted by atomic mass is 16.6. The van der Waals surface area contributed by atoms with Crippen LogP contribution in [-0.2, 0) is 38.0 Å². The molecule has 0 saturated heterocycles. The molecule has 10 nitrogen and oxygen atoms in total. The fourth-order valence-corrected chi connectivity index (χ4v) is 1.78. The lowest BCUT2D eigenvalue weighted by molar-refractivity contribution is -0.149. The smallest absolute Gasteiger partial charge is 0.407 e. The van der Waals surface area contributed by atoms with Crippen LogP contribution in [0, 0.1) is 0 Å². The van der Waals surface area contributed by atoms with Gasteiger partial charge in [-0.05, 0) is 27.7 Å². The van der Waals surface area contributed by atoms with Gasteiger partial charge in [0, 0.05) is 6.54 Å². The Morgan fingerprint density at radius 2 is 1.17 bits per heavy atom. The fourth-order valence-electron chi connectivity index (χ4n) is 1.78. The number of amides is 1. The van der Waals surface area contributed by atoms with E-state index in [1.807, 2.05) is 20.8 Å². The van der Waals surface area contributed by atoms with Crippen LogP contribution >= 0.6 is 0 Å². The molecule has 0 heterocycles. The van der Waals surface area contributed by atoms with E-state index in [1.165, 1.54) is 0 Å². The number of ether oxygens (including phenoxy) is 7. The van der Waals surface area contributed by atoms with E-state index in [0.717, 1.165) is 0 Å². The fraction of sp³-hybridized carbons (Fsp3) is 0.895. The number of carbonyl (C=O) groups excluding carboxylic acids is 2. The van der Waals surface area contributed by atoms with Crippen LogP contribution in [0.4, 0.5) is 4.79 Å². The van der Waals surface area contributed by atoms with Crippen molar-refractivity contribution in [3.8, 4) is 0 Å². The van der Waals surface area contributed by atoms with Crippen LogP contribution < -0.4 is 5.32 Å². The van der Waals surface area contributed by atoms with Crippen LogP contribution in [0.3, 0.4) is 0 Å². The first-order chi connectivity index (χ1) is 13.8. The molecule has 1 N–H and O–H groups in total. The molecule has 0 aliphatic carbocycles. The average Bonchev–Trinajstić information content (AvgIpc) is 2.63. The highest BCUT2D eigenvalue weighted by Gasteiger charge is 2.15. The normalized spacial score (nSPS) is 11.3. The summed E-state index contributed by atoms with van der Waals surface area (Å²) in [6.45, 7) is 11.6. The molecule has 0 saturated carbocycles. The molecule has 0 aliphatic rings. The minimum absolute atomic E-state index is 0.0605. The standard InChI is InChI=1S/C19H37NO9/c1-5-28-17(21)16-27-15-14-26-13-12-25-11-10-24-9-8-23-7-6-20-18(22)29-19(2,3)4/h5-16H2,1-4H3,(H,20,22). The van der Waals surface area contributed by atoms with Gasteiger partial charge < -0.3 is 38.5 Å². The molecule has 29 heavy (non-hydrogen) atoms. The monoisotopic (exact) mass is 423 g/mol. The first-order valence-electron chi connectivity index (χ1n) is 9.86. The molecule has 1 amide bonds. The number of hydrogen-bond donors (Lipinski definition) is 1. The van der Waals surface area contributed by atoms with Crippen molar-refractivity contribution in [2.75, 3.05) is 79.2 Å². The maximum Gasteiger partial charge on any atom is 0.407 e. The molecule has 0 rings (SSSR count). The van der Waals surface area contributed by atoms with Gasteiger partial charge >= 0.3 is 12.1 Å². The lowest BCUT2D eigenvalue weighted by atomic mass is 10.2. The third-order valence-corrected chi connectivity index (χ3v) is 2.93. The molecule has 0 fully saturated rings. The quantitative estimate of drug-likeness (QED) is 0.256. The van der Waals surface area contributed by atoms with Crippen LogP contribution in [0.25, 0.3) is 0 Å². The predicted octanol–water partition coefficient (Wildman–Crippen LogP) is 1.16. The molecule has 0 aromatic rings. The van der Waals surface area contributed by atoms with Gasteiger partial charge in [-0.1, -0.05) is 0 Å². The van der Waals surface area contributed by atoms with Crippen molar-refractivity contribution in [2.45, 2.75) is 33.3 Å². The van der Waals surface area contributed by atoms with Crippen molar-refractivity contribution in [3.63, 3.8) is 0 Å². The number of alkyl carbamates (subject to hydrolysis) is 1. The molecular weight excluding hydrogens is 386 g/mol. The minimum atomic E-state index is -0.507. The van der Waals surface area contributed by atoms with Gasteiger partial charge in [0.05, 0.1) is 66.1 Å². The van der Waals surface area contributed by atoms with E-state index in [-0.39, 0.29) is 12.6 Å². The Labute approximate surface area is 173 Å². The summed E-state index contributed by atoms with van der Waals surface area (Å²) in [7, 11) is 0. The Bertz CT molecular complexity index is 413. The van der Waals surface area contributed by atoms with E-state index < -0.39 is 11.7 Å². The summed E-state index contributed by atoms with van der Waals surface area (Å²) >= 11 is 0. The van der Waals surface area contributed by atoms with Gasteiger partial charge in [-0.2, -0.15) is 0 Å². The number of nitrogens with one attached hydrogen (secondary N) is 1. The van der Waals surface area contributed by atoms with Gasteiger partial charge in [0.25, 0.3) is 0 Å². The molecule has 172 valence electrons. The van der Waals surface area contributed by atoms with E-state index in [1.54, 1.807) is 6.92 Å². The molecule has 0 aliphatic heterocycles. The summed E-state index contributed by atoms with van der Waals surface area (Å²) in [5, 5.41) is 2.61. The van der Waals surface area contributed by atoms with Crippen molar-refractivity contribution in [1.82, 2.24) is 5.32 Å². The Hall–Kier alpha value is -1.46. The van der Waals surface area contributed by atoms with E-state index >= 15 is 0 Å². The first kappa shape index (κ1) is 27.5. The van der Waals surface area contributed by atoms with Gasteiger partial charge in [-0.25, -0.2) is 9.59 Å². The topological polar surface area (TPSA) is 111 Å². The van der Waals surface area contributed by atoms with Crippen molar-refractivity contribution < 1.29 is 42.7 Å². The lowest BCUT2D eigenvalue weighted by Gasteiger charge is -2.19. The molecule has 10 heteroatoms. The van der Waals surface area contributed by atoms with Crippen LogP contribution in [0.2, 0.25) is 0 Å². The molecule has 0 aromatic heterocycles. The van der Waals surface area contributed by atoms with E-state index in [2.05, 4.69) is 5.32 Å². The lowest BCUT2D eigenvalue weighted by Crippen LogP contribution is -2.34. The largest absolute Gasteiger partial charge is 0.464 e. The second-order valence-corrected chi connectivity index (χ2v) is 6.74. The molecule has 0 radical (unpaired) electrons. The Balaban J connectivity index is 3.17. The Kier molecular flexibility index (Phi) is 17.6. The van der Waals surface area contributed by atoms with Gasteiger partial charge in [0.15, 0.2) is 0 Å². The Morgan fingerprint density at radius 1 is 0.724 bits per heavy atom. The van der Waals surface area contributed by atoms with Crippen molar-refractivity contribution >= 4 is 12.1 Å². The maximum atomic E-state index is 11.4. The first-order valence-corrected chi connectivity index (χ1v) is 9.86. The third-order valence-electron chi connectivity index (χ3n) is 2.93. The number of esters is 1. The summed E-state index contributed by atoms with van der Waals surface area (Å²) in [6, 6.07) is 0. The summed E-state index contributed by atoms with van der Waals surface area (Å²) < 4.78 is 36.3. The third kappa shape index (κ3) is 22.7. The van der Waals surface area contributed by atoms with E-state index in [9.17, 15) is 9.59 Å². The van der Waals surface area contributed by atoms with Crippen LogP contribution in [-0.4, -0.2) is 96.9 Å². The molecule has 0 atom stereocenters. The number of carbonyl (C=O) groups is 2. The zero-order valence-electron chi connectivity index (χ0n) is 18.2. The summed E-state index contributed by atoms with van der Waals surface area (Å²) in [6.07, 6.45) is -0.456. The highest BCUT2D eigenvalue weighted by Crippen LogP contribution is 2.05. The number of rotatable bonds is 18. The maximum absolute atomic E-state index is 11.4. The van der Waals surface area contributed by atoms with Gasteiger partial charge in [-0.3, -0.25) is 0 Å². The highest BCUT2D eigenvalue weighted by molar-refractivity contribution is 5.70. The van der Waals surface area contributed by atoms with Gasteiger partial charge in [0.1, 0.15) is 12.2 Å². The van der Waals surface area contributed by atoms with Gasteiger partial charge in [-0.15, -0.1) is 0 Å². The van der Waals surface area contributed by atoms with Crippen molar-refractivity contribution in [1.29, 1.82) is 0 Å². The molecule has 0 unspecified atom stereocenters. The van der Waals surface area contributed by atoms with Crippen molar-refractivity contribution in [3.05, 3.63) is 0 Å². The minimum Gasteiger partial charge on any atom is -0.464 e. The summed E-state index contributed by atoms with van der Waals surface area (Å²) in [5.41, 5.74) is -0.507. The zero-order chi connectivity index (χ0) is 21.8. The molecule has 0 spiro atoms. The van der Waals surface area contributed by atoms with E-state index in [0.29, 0.717) is 72.6 Å². The van der Waals surface area contributed by atoms with Crippen LogP contribution in [0.15, 0.2) is 0 Å².